The minimum absolute atomic E-state index is 0.182. The standard InChI is InChI=1S/C25H30BrN5OS/c1-16(2)27-14-20(17-6-8-18(26)9-7-17)25(32)31-12-10-30(11-13-31)23-22-19-4-3-5-21(19)33-24(22)29-15-28-23/h6-9,15-16,20,27H,3-5,10-14H2,1-2H3. The molecular weight excluding hydrogens is 498 g/mol. The predicted octanol–water partition coefficient (Wildman–Crippen LogP) is 4.37. The Hall–Kier alpha value is -2.03. The zero-order valence-electron chi connectivity index (χ0n) is 19.2. The molecule has 6 nitrogen and oxygen atoms in total. The number of nitrogens with zero attached hydrogens (tertiary/aromatic N) is 4. The topological polar surface area (TPSA) is 61.4 Å². The highest BCUT2D eigenvalue weighted by Crippen LogP contribution is 2.40. The van der Waals surface area contributed by atoms with Crippen molar-refractivity contribution in [3.8, 4) is 0 Å². The Labute approximate surface area is 207 Å². The minimum atomic E-state index is -0.182. The molecule has 3 heterocycles. The normalized spacial score (nSPS) is 17.1. The van der Waals surface area contributed by atoms with E-state index in [-0.39, 0.29) is 11.8 Å². The van der Waals surface area contributed by atoms with Crippen LogP contribution in [0, 0.1) is 0 Å². The lowest BCUT2D eigenvalue weighted by atomic mass is 9.96. The van der Waals surface area contributed by atoms with Gasteiger partial charge in [0.1, 0.15) is 17.0 Å². The monoisotopic (exact) mass is 527 g/mol. The van der Waals surface area contributed by atoms with Crippen molar-refractivity contribution in [1.29, 1.82) is 0 Å². The lowest BCUT2D eigenvalue weighted by molar-refractivity contribution is -0.133. The Morgan fingerprint density at radius 3 is 2.61 bits per heavy atom. The molecule has 2 aromatic heterocycles. The van der Waals surface area contributed by atoms with Crippen LogP contribution in [0.3, 0.4) is 0 Å². The molecule has 8 heteroatoms. The number of piperazine rings is 1. The average Bonchev–Trinajstić information content (AvgIpc) is 3.41. The highest BCUT2D eigenvalue weighted by molar-refractivity contribution is 9.10. The van der Waals surface area contributed by atoms with E-state index >= 15 is 0 Å². The molecule has 1 unspecified atom stereocenters. The lowest BCUT2D eigenvalue weighted by Crippen LogP contribution is -2.51. The van der Waals surface area contributed by atoms with E-state index in [1.807, 2.05) is 28.4 Å². The number of rotatable bonds is 6. The Kier molecular flexibility index (Phi) is 6.67. The van der Waals surface area contributed by atoms with E-state index in [0.29, 0.717) is 25.7 Å². The molecule has 2 aliphatic rings. The molecular formula is C25H30BrN5OS. The first-order valence-corrected chi connectivity index (χ1v) is 13.4. The van der Waals surface area contributed by atoms with Crippen LogP contribution in [-0.4, -0.2) is 59.5 Å². The van der Waals surface area contributed by atoms with Crippen LogP contribution in [0.5, 0.6) is 0 Å². The summed E-state index contributed by atoms with van der Waals surface area (Å²) >= 11 is 5.33. The maximum Gasteiger partial charge on any atom is 0.231 e. The number of carbonyl (C=O) groups excluding carboxylic acids is 1. The van der Waals surface area contributed by atoms with Gasteiger partial charge in [0, 0.05) is 48.1 Å². The number of anilines is 1. The largest absolute Gasteiger partial charge is 0.352 e. The van der Waals surface area contributed by atoms with Crippen LogP contribution >= 0.6 is 27.3 Å². The van der Waals surface area contributed by atoms with Crippen molar-refractivity contribution in [3.05, 3.63) is 51.1 Å². The van der Waals surface area contributed by atoms with Crippen LogP contribution < -0.4 is 10.2 Å². The quantitative estimate of drug-likeness (QED) is 0.515. The van der Waals surface area contributed by atoms with Gasteiger partial charge in [-0.15, -0.1) is 11.3 Å². The number of fused-ring (bicyclic) bond motifs is 3. The summed E-state index contributed by atoms with van der Waals surface area (Å²) in [6, 6.07) is 8.48. The minimum Gasteiger partial charge on any atom is -0.352 e. The smallest absolute Gasteiger partial charge is 0.231 e. The van der Waals surface area contributed by atoms with Gasteiger partial charge in [0.15, 0.2) is 0 Å². The van der Waals surface area contributed by atoms with Crippen LogP contribution in [0.25, 0.3) is 10.2 Å². The molecule has 0 spiro atoms. The summed E-state index contributed by atoms with van der Waals surface area (Å²) in [6.07, 6.45) is 5.23. The second kappa shape index (κ2) is 9.68. The van der Waals surface area contributed by atoms with E-state index in [9.17, 15) is 4.79 Å². The Morgan fingerprint density at radius 2 is 1.88 bits per heavy atom. The van der Waals surface area contributed by atoms with Gasteiger partial charge in [-0.3, -0.25) is 4.79 Å². The zero-order chi connectivity index (χ0) is 22.9. The van der Waals surface area contributed by atoms with E-state index in [2.05, 4.69) is 57.1 Å². The van der Waals surface area contributed by atoms with Crippen LogP contribution in [0.1, 0.15) is 42.2 Å². The third-order valence-electron chi connectivity index (χ3n) is 6.67. The van der Waals surface area contributed by atoms with Gasteiger partial charge in [-0.25, -0.2) is 9.97 Å². The second-order valence-electron chi connectivity index (χ2n) is 9.21. The maximum atomic E-state index is 13.6. The number of thiophene rings is 1. The third-order valence-corrected chi connectivity index (χ3v) is 8.40. The first-order chi connectivity index (χ1) is 16.0. The second-order valence-corrected chi connectivity index (χ2v) is 11.2. The number of benzene rings is 1. The van der Waals surface area contributed by atoms with Gasteiger partial charge in [-0.1, -0.05) is 41.9 Å². The number of aromatic nitrogens is 2. The van der Waals surface area contributed by atoms with Crippen molar-refractivity contribution in [2.75, 3.05) is 37.6 Å². The van der Waals surface area contributed by atoms with Gasteiger partial charge in [0.05, 0.1) is 11.3 Å². The predicted molar refractivity (Wildman–Crippen MR) is 138 cm³/mol. The number of hydrogen-bond donors (Lipinski definition) is 1. The fraction of sp³-hybridized carbons (Fsp3) is 0.480. The van der Waals surface area contributed by atoms with Crippen molar-refractivity contribution in [2.24, 2.45) is 0 Å². The van der Waals surface area contributed by atoms with Crippen LogP contribution in [0.15, 0.2) is 35.1 Å². The molecule has 174 valence electrons. The van der Waals surface area contributed by atoms with Gasteiger partial charge in [-0.05, 0) is 42.5 Å². The molecule has 3 aromatic rings. The van der Waals surface area contributed by atoms with E-state index in [0.717, 1.165) is 40.2 Å². The van der Waals surface area contributed by atoms with Crippen molar-refractivity contribution >= 4 is 49.2 Å². The molecule has 5 rings (SSSR count). The molecule has 1 saturated heterocycles. The summed E-state index contributed by atoms with van der Waals surface area (Å²) in [5.41, 5.74) is 2.52. The SMILES string of the molecule is CC(C)NCC(C(=O)N1CCN(c2ncnc3sc4c(c23)CCC4)CC1)c1ccc(Br)cc1. The summed E-state index contributed by atoms with van der Waals surface area (Å²) in [5.74, 6) is 1.07. The van der Waals surface area contributed by atoms with Crippen LogP contribution in [0.4, 0.5) is 5.82 Å². The number of halogens is 1. The van der Waals surface area contributed by atoms with Gasteiger partial charge in [0.2, 0.25) is 5.91 Å². The average molecular weight is 529 g/mol. The summed E-state index contributed by atoms with van der Waals surface area (Å²) in [7, 11) is 0. The maximum absolute atomic E-state index is 13.6. The molecule has 1 aliphatic heterocycles. The van der Waals surface area contributed by atoms with Crippen molar-refractivity contribution in [2.45, 2.75) is 45.1 Å². The molecule has 0 bridgehead atoms. The molecule has 0 radical (unpaired) electrons. The molecule has 1 N–H and O–H groups in total. The van der Waals surface area contributed by atoms with Gasteiger partial charge in [0.25, 0.3) is 0 Å². The van der Waals surface area contributed by atoms with Gasteiger partial charge >= 0.3 is 0 Å². The highest BCUT2D eigenvalue weighted by Gasteiger charge is 2.30. The van der Waals surface area contributed by atoms with E-state index in [1.54, 1.807) is 6.33 Å². The molecule has 1 atom stereocenters. The van der Waals surface area contributed by atoms with Crippen LogP contribution in [-0.2, 0) is 17.6 Å². The number of aryl methyl sites for hydroxylation is 2. The fourth-order valence-corrected chi connectivity index (χ4v) is 6.39. The summed E-state index contributed by atoms with van der Waals surface area (Å²) < 4.78 is 1.03. The first kappa shape index (κ1) is 22.7. The van der Waals surface area contributed by atoms with Crippen molar-refractivity contribution < 1.29 is 4.79 Å². The molecule has 1 aromatic carbocycles. The van der Waals surface area contributed by atoms with E-state index in [4.69, 9.17) is 4.98 Å². The van der Waals surface area contributed by atoms with E-state index in [1.165, 1.54) is 28.7 Å². The number of hydrogen-bond acceptors (Lipinski definition) is 6. The lowest BCUT2D eigenvalue weighted by Gasteiger charge is -2.37. The molecule has 1 fully saturated rings. The Bertz CT molecular complexity index is 1140. The number of amides is 1. The summed E-state index contributed by atoms with van der Waals surface area (Å²) in [4.78, 5) is 29.8. The molecule has 1 amide bonds. The first-order valence-electron chi connectivity index (χ1n) is 11.8. The van der Waals surface area contributed by atoms with Gasteiger partial charge in [-0.2, -0.15) is 0 Å². The van der Waals surface area contributed by atoms with Crippen LogP contribution in [0.2, 0.25) is 0 Å². The number of nitrogens with one attached hydrogen (secondary N) is 1. The van der Waals surface area contributed by atoms with E-state index < -0.39 is 0 Å². The molecule has 33 heavy (non-hydrogen) atoms. The highest BCUT2D eigenvalue weighted by atomic mass is 79.9. The Balaban J connectivity index is 1.32. The number of carbonyl (C=O) groups is 1. The van der Waals surface area contributed by atoms with Gasteiger partial charge < -0.3 is 15.1 Å². The molecule has 1 aliphatic carbocycles. The summed E-state index contributed by atoms with van der Waals surface area (Å²) in [5, 5.41) is 4.72. The van der Waals surface area contributed by atoms with Crippen molar-refractivity contribution in [3.63, 3.8) is 0 Å². The fourth-order valence-electron chi connectivity index (χ4n) is 4.91. The zero-order valence-corrected chi connectivity index (χ0v) is 21.6. The van der Waals surface area contributed by atoms with Crippen molar-refractivity contribution in [1.82, 2.24) is 20.2 Å². The molecule has 0 saturated carbocycles. The Morgan fingerprint density at radius 1 is 1.12 bits per heavy atom. The third kappa shape index (κ3) is 4.66. The summed E-state index contributed by atoms with van der Waals surface area (Å²) in [6.45, 7) is 7.90.